The summed E-state index contributed by atoms with van der Waals surface area (Å²) in [5.41, 5.74) is 0.644. The second kappa shape index (κ2) is 6.70. The molecule has 0 aliphatic carbocycles. The summed E-state index contributed by atoms with van der Waals surface area (Å²) in [5.74, 6) is 0. The molecule has 1 aromatic rings. The second-order valence-corrected chi connectivity index (χ2v) is 3.59. The van der Waals surface area contributed by atoms with Gasteiger partial charge in [-0.05, 0) is 24.6 Å². The Kier molecular flexibility index (Phi) is 5.17. The van der Waals surface area contributed by atoms with Crippen LogP contribution in [0.15, 0.2) is 24.3 Å². The molecule has 0 spiro atoms. The lowest BCUT2D eigenvalue weighted by atomic mass is 10.3. The van der Waals surface area contributed by atoms with Gasteiger partial charge in [0.05, 0.1) is 6.07 Å². The molecule has 16 heavy (non-hydrogen) atoms. The number of rotatable bonds is 4. The number of halogens is 1. The number of amides is 2. The molecule has 4 nitrogen and oxygen atoms in total. The van der Waals surface area contributed by atoms with E-state index in [4.69, 9.17) is 16.9 Å². The first kappa shape index (κ1) is 12.3. The van der Waals surface area contributed by atoms with Crippen LogP contribution >= 0.6 is 11.6 Å². The van der Waals surface area contributed by atoms with Gasteiger partial charge in [0.1, 0.15) is 0 Å². The van der Waals surface area contributed by atoms with Crippen LogP contribution in [-0.4, -0.2) is 12.6 Å². The SMILES string of the molecule is N#CCCCNC(=O)Nc1cccc(Cl)c1. The van der Waals surface area contributed by atoms with Crippen LogP contribution in [0.1, 0.15) is 12.8 Å². The molecule has 0 heterocycles. The number of hydrogen-bond acceptors (Lipinski definition) is 2. The molecule has 0 atom stereocenters. The zero-order chi connectivity index (χ0) is 11.8. The van der Waals surface area contributed by atoms with E-state index in [1.807, 2.05) is 6.07 Å². The van der Waals surface area contributed by atoms with Crippen molar-refractivity contribution in [3.05, 3.63) is 29.3 Å². The first-order chi connectivity index (χ1) is 7.72. The summed E-state index contributed by atoms with van der Waals surface area (Å²) < 4.78 is 0. The second-order valence-electron chi connectivity index (χ2n) is 3.15. The zero-order valence-electron chi connectivity index (χ0n) is 8.66. The minimum Gasteiger partial charge on any atom is -0.338 e. The van der Waals surface area contributed by atoms with Gasteiger partial charge in [-0.25, -0.2) is 4.79 Å². The van der Waals surface area contributed by atoms with Crippen LogP contribution in [0.25, 0.3) is 0 Å². The Hall–Kier alpha value is -1.73. The van der Waals surface area contributed by atoms with E-state index in [1.54, 1.807) is 24.3 Å². The first-order valence-corrected chi connectivity index (χ1v) is 5.27. The van der Waals surface area contributed by atoms with Crippen molar-refractivity contribution in [3.8, 4) is 6.07 Å². The highest BCUT2D eigenvalue weighted by Gasteiger charge is 2.00. The van der Waals surface area contributed by atoms with E-state index >= 15 is 0 Å². The number of unbranched alkanes of at least 4 members (excludes halogenated alkanes) is 1. The molecular weight excluding hydrogens is 226 g/mol. The van der Waals surface area contributed by atoms with E-state index in [9.17, 15) is 4.79 Å². The van der Waals surface area contributed by atoms with E-state index in [-0.39, 0.29) is 6.03 Å². The number of anilines is 1. The maximum atomic E-state index is 11.3. The molecular formula is C11H12ClN3O. The van der Waals surface area contributed by atoms with Crippen LogP contribution in [0.5, 0.6) is 0 Å². The molecule has 0 radical (unpaired) electrons. The molecule has 0 fully saturated rings. The van der Waals surface area contributed by atoms with Crippen molar-refractivity contribution in [2.24, 2.45) is 0 Å². The number of urea groups is 1. The maximum absolute atomic E-state index is 11.3. The van der Waals surface area contributed by atoms with Gasteiger partial charge in [-0.15, -0.1) is 0 Å². The summed E-state index contributed by atoms with van der Waals surface area (Å²) in [6, 6.07) is 8.62. The summed E-state index contributed by atoms with van der Waals surface area (Å²) in [4.78, 5) is 11.3. The summed E-state index contributed by atoms with van der Waals surface area (Å²) >= 11 is 5.77. The van der Waals surface area contributed by atoms with E-state index in [0.29, 0.717) is 30.1 Å². The monoisotopic (exact) mass is 237 g/mol. The van der Waals surface area contributed by atoms with Crippen molar-refractivity contribution in [2.45, 2.75) is 12.8 Å². The quantitative estimate of drug-likeness (QED) is 0.791. The van der Waals surface area contributed by atoms with E-state index in [1.165, 1.54) is 0 Å². The third-order valence-electron chi connectivity index (χ3n) is 1.83. The van der Waals surface area contributed by atoms with Crippen LogP contribution in [-0.2, 0) is 0 Å². The minimum absolute atomic E-state index is 0.291. The van der Waals surface area contributed by atoms with Gasteiger partial charge in [-0.2, -0.15) is 5.26 Å². The minimum atomic E-state index is -0.291. The average molecular weight is 238 g/mol. The van der Waals surface area contributed by atoms with Crippen molar-refractivity contribution >= 4 is 23.3 Å². The van der Waals surface area contributed by atoms with E-state index < -0.39 is 0 Å². The Morgan fingerprint density at radius 3 is 3.00 bits per heavy atom. The van der Waals surface area contributed by atoms with Gasteiger partial charge >= 0.3 is 6.03 Å². The van der Waals surface area contributed by atoms with Crippen molar-refractivity contribution in [2.75, 3.05) is 11.9 Å². The fourth-order valence-electron chi connectivity index (χ4n) is 1.11. The van der Waals surface area contributed by atoms with Crippen LogP contribution in [0.3, 0.4) is 0 Å². The van der Waals surface area contributed by atoms with Crippen molar-refractivity contribution < 1.29 is 4.79 Å². The number of nitriles is 1. The highest BCUT2D eigenvalue weighted by Crippen LogP contribution is 2.14. The standard InChI is InChI=1S/C11H12ClN3O/c12-9-4-3-5-10(8-9)15-11(16)14-7-2-1-6-13/h3-5,8H,1-2,7H2,(H2,14,15,16). The molecule has 0 aliphatic rings. The molecule has 0 aromatic heterocycles. The van der Waals surface area contributed by atoms with Gasteiger partial charge in [0.2, 0.25) is 0 Å². The lowest BCUT2D eigenvalue weighted by Gasteiger charge is -2.06. The number of carbonyl (C=O) groups excluding carboxylic acids is 1. The van der Waals surface area contributed by atoms with Gasteiger partial charge < -0.3 is 10.6 Å². The molecule has 0 unspecified atom stereocenters. The normalized spacial score (nSPS) is 9.25. The summed E-state index contributed by atoms with van der Waals surface area (Å²) in [6.07, 6.45) is 1.09. The number of hydrogen-bond donors (Lipinski definition) is 2. The van der Waals surface area contributed by atoms with Crippen LogP contribution < -0.4 is 10.6 Å². The van der Waals surface area contributed by atoms with Gasteiger partial charge in [0.15, 0.2) is 0 Å². The molecule has 0 saturated heterocycles. The van der Waals surface area contributed by atoms with Gasteiger partial charge in [-0.1, -0.05) is 17.7 Å². The highest BCUT2D eigenvalue weighted by atomic mass is 35.5. The Morgan fingerprint density at radius 1 is 1.50 bits per heavy atom. The maximum Gasteiger partial charge on any atom is 0.319 e. The van der Waals surface area contributed by atoms with Crippen LogP contribution in [0.2, 0.25) is 5.02 Å². The molecule has 2 N–H and O–H groups in total. The molecule has 0 saturated carbocycles. The Bertz CT molecular complexity index is 400. The van der Waals surface area contributed by atoms with Crippen LogP contribution in [0.4, 0.5) is 10.5 Å². The first-order valence-electron chi connectivity index (χ1n) is 4.90. The number of nitrogens with zero attached hydrogens (tertiary/aromatic N) is 1. The van der Waals surface area contributed by atoms with E-state index in [2.05, 4.69) is 10.6 Å². The molecule has 84 valence electrons. The smallest absolute Gasteiger partial charge is 0.319 e. The fraction of sp³-hybridized carbons (Fsp3) is 0.273. The summed E-state index contributed by atoms with van der Waals surface area (Å²) in [5, 5.41) is 14.2. The van der Waals surface area contributed by atoms with Gasteiger partial charge in [-0.3, -0.25) is 0 Å². The molecule has 1 aromatic carbocycles. The van der Waals surface area contributed by atoms with Crippen molar-refractivity contribution in [1.82, 2.24) is 5.32 Å². The van der Waals surface area contributed by atoms with Gasteiger partial charge in [0.25, 0.3) is 0 Å². The van der Waals surface area contributed by atoms with Crippen molar-refractivity contribution in [3.63, 3.8) is 0 Å². The van der Waals surface area contributed by atoms with Gasteiger partial charge in [0, 0.05) is 23.7 Å². The molecule has 0 aliphatic heterocycles. The summed E-state index contributed by atoms with van der Waals surface area (Å²) in [6.45, 7) is 0.486. The molecule has 1 rings (SSSR count). The lowest BCUT2D eigenvalue weighted by molar-refractivity contribution is 0.252. The number of carbonyl (C=O) groups is 1. The third kappa shape index (κ3) is 4.67. The number of nitrogens with one attached hydrogen (secondary N) is 2. The van der Waals surface area contributed by atoms with Crippen molar-refractivity contribution in [1.29, 1.82) is 5.26 Å². The molecule has 5 heteroatoms. The van der Waals surface area contributed by atoms with E-state index in [0.717, 1.165) is 0 Å². The Balaban J connectivity index is 2.32. The summed E-state index contributed by atoms with van der Waals surface area (Å²) in [7, 11) is 0. The Labute approximate surface area is 99.2 Å². The fourth-order valence-corrected chi connectivity index (χ4v) is 1.30. The predicted molar refractivity (Wildman–Crippen MR) is 63.3 cm³/mol. The lowest BCUT2D eigenvalue weighted by Crippen LogP contribution is -2.29. The molecule has 0 bridgehead atoms. The van der Waals surface area contributed by atoms with Crippen LogP contribution in [0, 0.1) is 11.3 Å². The number of benzene rings is 1. The third-order valence-corrected chi connectivity index (χ3v) is 2.07. The topological polar surface area (TPSA) is 64.9 Å². The molecule has 2 amide bonds. The highest BCUT2D eigenvalue weighted by molar-refractivity contribution is 6.30. The zero-order valence-corrected chi connectivity index (χ0v) is 9.42. The predicted octanol–water partition coefficient (Wildman–Crippen LogP) is 2.77. The largest absolute Gasteiger partial charge is 0.338 e. The average Bonchev–Trinajstić information content (AvgIpc) is 2.24. The Morgan fingerprint density at radius 2 is 2.31 bits per heavy atom.